The first-order valence-electron chi connectivity index (χ1n) is 5.42. The molecule has 0 radical (unpaired) electrons. The third-order valence-electron chi connectivity index (χ3n) is 2.91. The van der Waals surface area contributed by atoms with E-state index in [1.807, 2.05) is 0 Å². The van der Waals surface area contributed by atoms with Crippen molar-refractivity contribution in [2.75, 3.05) is 6.61 Å². The minimum absolute atomic E-state index is 0.0402. The first-order valence-corrected chi connectivity index (χ1v) is 5.42. The maximum Gasteiger partial charge on any atom is 0.309 e. The van der Waals surface area contributed by atoms with Gasteiger partial charge in [0, 0.05) is 0 Å². The Morgan fingerprint density at radius 1 is 1.46 bits per heavy atom. The quantitative estimate of drug-likeness (QED) is 0.496. The molecule has 2 nitrogen and oxygen atoms in total. The lowest BCUT2D eigenvalue weighted by molar-refractivity contribution is -0.149. The van der Waals surface area contributed by atoms with Crippen molar-refractivity contribution in [3.05, 3.63) is 0 Å². The van der Waals surface area contributed by atoms with Crippen LogP contribution >= 0.6 is 0 Å². The monoisotopic (exact) mass is 184 g/mol. The van der Waals surface area contributed by atoms with Crippen LogP contribution < -0.4 is 0 Å². The van der Waals surface area contributed by atoms with Gasteiger partial charge >= 0.3 is 5.97 Å². The Labute approximate surface area is 80.7 Å². The van der Waals surface area contributed by atoms with Crippen LogP contribution in [0.15, 0.2) is 0 Å². The molecule has 2 unspecified atom stereocenters. The van der Waals surface area contributed by atoms with E-state index in [1.54, 1.807) is 0 Å². The number of ether oxygens (including phenoxy) is 1. The molecule has 2 heteroatoms. The van der Waals surface area contributed by atoms with Gasteiger partial charge in [0.2, 0.25) is 0 Å². The summed E-state index contributed by atoms with van der Waals surface area (Å²) in [5.74, 6) is 0.768. The van der Waals surface area contributed by atoms with Crippen LogP contribution in [0.2, 0.25) is 0 Å². The molecule has 0 N–H and O–H groups in total. The predicted octanol–water partition coefficient (Wildman–Crippen LogP) is 2.77. The van der Waals surface area contributed by atoms with Crippen molar-refractivity contribution in [3.63, 3.8) is 0 Å². The van der Waals surface area contributed by atoms with Gasteiger partial charge in [0.25, 0.3) is 0 Å². The standard InChI is InChI=1S/C11H20O2/c1-3-4-8-13-11(12)10-7-5-6-9(10)2/h9-10H,3-8H2,1-2H3. The zero-order valence-corrected chi connectivity index (χ0v) is 8.71. The summed E-state index contributed by atoms with van der Waals surface area (Å²) in [6, 6.07) is 0. The van der Waals surface area contributed by atoms with Crippen LogP contribution in [0.4, 0.5) is 0 Å². The van der Waals surface area contributed by atoms with Gasteiger partial charge in [-0.05, 0) is 25.2 Å². The van der Waals surface area contributed by atoms with Gasteiger partial charge < -0.3 is 4.74 Å². The van der Waals surface area contributed by atoms with Gasteiger partial charge in [-0.2, -0.15) is 0 Å². The molecule has 1 rings (SSSR count). The highest BCUT2D eigenvalue weighted by molar-refractivity contribution is 5.73. The molecule has 0 aromatic rings. The number of carbonyl (C=O) groups excluding carboxylic acids is 1. The highest BCUT2D eigenvalue weighted by atomic mass is 16.5. The van der Waals surface area contributed by atoms with E-state index in [4.69, 9.17) is 4.74 Å². The Balaban J connectivity index is 2.22. The van der Waals surface area contributed by atoms with Crippen LogP contribution in [0.1, 0.15) is 46.0 Å². The van der Waals surface area contributed by atoms with Crippen molar-refractivity contribution >= 4 is 5.97 Å². The van der Waals surface area contributed by atoms with Gasteiger partial charge in [-0.25, -0.2) is 0 Å². The van der Waals surface area contributed by atoms with Gasteiger partial charge in [-0.1, -0.05) is 26.7 Å². The molecular weight excluding hydrogens is 164 g/mol. The summed E-state index contributed by atoms with van der Waals surface area (Å²) in [7, 11) is 0. The maximum atomic E-state index is 11.5. The number of carbonyl (C=O) groups is 1. The lowest BCUT2D eigenvalue weighted by atomic mass is 9.99. The molecule has 1 aliphatic rings. The summed E-state index contributed by atoms with van der Waals surface area (Å²) >= 11 is 0. The number of unbranched alkanes of at least 4 members (excludes halogenated alkanes) is 1. The third kappa shape index (κ3) is 3.02. The van der Waals surface area contributed by atoms with Crippen LogP contribution in [0.3, 0.4) is 0 Å². The van der Waals surface area contributed by atoms with Crippen molar-refractivity contribution in [1.29, 1.82) is 0 Å². The maximum absolute atomic E-state index is 11.5. The van der Waals surface area contributed by atoms with Gasteiger partial charge in [0.1, 0.15) is 0 Å². The lowest BCUT2D eigenvalue weighted by Gasteiger charge is -2.13. The molecule has 1 saturated carbocycles. The fourth-order valence-electron chi connectivity index (χ4n) is 1.92. The van der Waals surface area contributed by atoms with Gasteiger partial charge in [-0.3, -0.25) is 4.79 Å². The van der Waals surface area contributed by atoms with Crippen LogP contribution in [-0.4, -0.2) is 12.6 Å². The highest BCUT2D eigenvalue weighted by Crippen LogP contribution is 2.31. The van der Waals surface area contributed by atoms with Crippen molar-refractivity contribution in [2.24, 2.45) is 11.8 Å². The second-order valence-electron chi connectivity index (χ2n) is 4.04. The smallest absolute Gasteiger partial charge is 0.309 e. The first kappa shape index (κ1) is 10.6. The molecule has 1 fully saturated rings. The SMILES string of the molecule is CCCCOC(=O)C1CCCC1C. The lowest BCUT2D eigenvalue weighted by Crippen LogP contribution is -2.20. The van der Waals surface area contributed by atoms with Crippen molar-refractivity contribution in [3.8, 4) is 0 Å². The molecule has 1 aliphatic carbocycles. The molecule has 0 heterocycles. The van der Waals surface area contributed by atoms with E-state index >= 15 is 0 Å². The summed E-state index contributed by atoms with van der Waals surface area (Å²) in [5.41, 5.74) is 0. The number of rotatable bonds is 4. The minimum Gasteiger partial charge on any atom is -0.465 e. The summed E-state index contributed by atoms with van der Waals surface area (Å²) in [6.45, 7) is 4.86. The topological polar surface area (TPSA) is 26.3 Å². The normalized spacial score (nSPS) is 27.5. The van der Waals surface area contributed by atoms with Gasteiger partial charge in [0.05, 0.1) is 12.5 Å². The van der Waals surface area contributed by atoms with Crippen LogP contribution in [0.5, 0.6) is 0 Å². The largest absolute Gasteiger partial charge is 0.465 e. The Morgan fingerprint density at radius 3 is 2.77 bits per heavy atom. The average molecular weight is 184 g/mol. The van der Waals surface area contributed by atoms with E-state index in [1.165, 1.54) is 12.8 Å². The average Bonchev–Trinajstić information content (AvgIpc) is 2.52. The molecule has 0 amide bonds. The van der Waals surface area contributed by atoms with Crippen molar-refractivity contribution in [2.45, 2.75) is 46.0 Å². The summed E-state index contributed by atoms with van der Waals surface area (Å²) in [5, 5.41) is 0. The molecule has 0 aliphatic heterocycles. The van der Waals surface area contributed by atoms with Crippen LogP contribution in [-0.2, 0) is 9.53 Å². The highest BCUT2D eigenvalue weighted by Gasteiger charge is 2.30. The fourth-order valence-corrected chi connectivity index (χ4v) is 1.92. The predicted molar refractivity (Wildman–Crippen MR) is 52.4 cm³/mol. The summed E-state index contributed by atoms with van der Waals surface area (Å²) in [6.07, 6.45) is 5.49. The Bertz CT molecular complexity index is 165. The summed E-state index contributed by atoms with van der Waals surface area (Å²) < 4.78 is 5.20. The van der Waals surface area contributed by atoms with Crippen molar-refractivity contribution < 1.29 is 9.53 Å². The molecule has 13 heavy (non-hydrogen) atoms. The number of esters is 1. The molecule has 0 spiro atoms. The van der Waals surface area contributed by atoms with Crippen LogP contribution in [0.25, 0.3) is 0 Å². The zero-order chi connectivity index (χ0) is 9.68. The van der Waals surface area contributed by atoms with Crippen LogP contribution in [0, 0.1) is 11.8 Å². The molecule has 0 aromatic heterocycles. The van der Waals surface area contributed by atoms with Gasteiger partial charge in [-0.15, -0.1) is 0 Å². The Kier molecular flexibility index (Phi) is 4.26. The molecular formula is C11H20O2. The molecule has 0 saturated heterocycles. The second-order valence-corrected chi connectivity index (χ2v) is 4.04. The molecule has 0 bridgehead atoms. The van der Waals surface area contributed by atoms with E-state index in [0.717, 1.165) is 19.3 Å². The third-order valence-corrected chi connectivity index (χ3v) is 2.91. The second kappa shape index (κ2) is 5.25. The van der Waals surface area contributed by atoms with E-state index in [0.29, 0.717) is 12.5 Å². The number of hydrogen-bond acceptors (Lipinski definition) is 2. The first-order chi connectivity index (χ1) is 6.25. The Hall–Kier alpha value is -0.530. The summed E-state index contributed by atoms with van der Waals surface area (Å²) in [4.78, 5) is 11.5. The van der Waals surface area contributed by atoms with E-state index in [2.05, 4.69) is 13.8 Å². The molecule has 2 atom stereocenters. The van der Waals surface area contributed by atoms with E-state index in [9.17, 15) is 4.79 Å². The van der Waals surface area contributed by atoms with E-state index in [-0.39, 0.29) is 11.9 Å². The fraction of sp³-hybridized carbons (Fsp3) is 0.909. The molecule has 76 valence electrons. The van der Waals surface area contributed by atoms with Gasteiger partial charge in [0.15, 0.2) is 0 Å². The Morgan fingerprint density at radius 2 is 2.23 bits per heavy atom. The molecule has 0 aromatic carbocycles. The van der Waals surface area contributed by atoms with Crippen molar-refractivity contribution in [1.82, 2.24) is 0 Å². The zero-order valence-electron chi connectivity index (χ0n) is 8.71. The number of hydrogen-bond donors (Lipinski definition) is 0. The van der Waals surface area contributed by atoms with E-state index < -0.39 is 0 Å². The minimum atomic E-state index is 0.0402.